The number of nitrogens with one attached hydrogen (secondary N) is 1. The molecule has 3 fully saturated rings. The first kappa shape index (κ1) is 17.7. The molecule has 1 aromatic carbocycles. The number of nitrogens with zero attached hydrogens (tertiary/aromatic N) is 2. The Morgan fingerprint density at radius 1 is 1.23 bits per heavy atom. The van der Waals surface area contributed by atoms with Gasteiger partial charge in [-0.25, -0.2) is 4.79 Å². The minimum absolute atomic E-state index is 0.0918. The number of benzene rings is 1. The SMILES string of the molecule is CSc1ccc(NC(=O)N2CCC3(CCCN(CC4CC4)C3=O)C2)cc1. The third-order valence-corrected chi connectivity index (χ3v) is 6.73. The van der Waals surface area contributed by atoms with Crippen LogP contribution >= 0.6 is 11.8 Å². The van der Waals surface area contributed by atoms with Gasteiger partial charge in [0, 0.05) is 36.8 Å². The minimum atomic E-state index is -0.340. The second-order valence-electron chi connectivity index (χ2n) is 7.91. The van der Waals surface area contributed by atoms with Crippen LogP contribution in [0.4, 0.5) is 10.5 Å². The van der Waals surface area contributed by atoms with Crippen LogP contribution in [0.25, 0.3) is 0 Å². The average Bonchev–Trinajstić information content (AvgIpc) is 3.37. The van der Waals surface area contributed by atoms with E-state index < -0.39 is 0 Å². The Kier molecular flexibility index (Phi) is 4.86. The first-order chi connectivity index (χ1) is 12.6. The molecule has 1 unspecified atom stereocenters. The van der Waals surface area contributed by atoms with Crippen molar-refractivity contribution >= 4 is 29.4 Å². The zero-order valence-electron chi connectivity index (χ0n) is 15.4. The molecule has 3 aliphatic rings. The molecule has 1 atom stereocenters. The van der Waals surface area contributed by atoms with Crippen LogP contribution in [0.2, 0.25) is 0 Å². The Morgan fingerprint density at radius 3 is 2.69 bits per heavy atom. The molecule has 4 rings (SSSR count). The number of hydrogen-bond acceptors (Lipinski definition) is 3. The fourth-order valence-electron chi connectivity index (χ4n) is 4.24. The van der Waals surface area contributed by atoms with Crippen molar-refractivity contribution in [2.24, 2.45) is 11.3 Å². The molecule has 2 heterocycles. The molecule has 26 heavy (non-hydrogen) atoms. The van der Waals surface area contributed by atoms with E-state index >= 15 is 0 Å². The molecule has 1 spiro atoms. The first-order valence-corrected chi connectivity index (χ1v) is 10.8. The Bertz CT molecular complexity index is 689. The summed E-state index contributed by atoms with van der Waals surface area (Å²) in [5, 5.41) is 2.98. The quantitative estimate of drug-likeness (QED) is 0.820. The van der Waals surface area contributed by atoms with Crippen molar-refractivity contribution < 1.29 is 9.59 Å². The van der Waals surface area contributed by atoms with Crippen molar-refractivity contribution in [3.63, 3.8) is 0 Å². The average molecular weight is 374 g/mol. The molecular formula is C20H27N3O2S. The molecule has 1 aliphatic carbocycles. The van der Waals surface area contributed by atoms with E-state index in [1.54, 1.807) is 11.8 Å². The van der Waals surface area contributed by atoms with Gasteiger partial charge in [0.25, 0.3) is 0 Å². The normalized spacial score (nSPS) is 25.8. The lowest BCUT2D eigenvalue weighted by Crippen LogP contribution is -2.51. The van der Waals surface area contributed by atoms with Gasteiger partial charge in [-0.1, -0.05) is 0 Å². The molecule has 1 aromatic rings. The van der Waals surface area contributed by atoms with Gasteiger partial charge < -0.3 is 15.1 Å². The van der Waals surface area contributed by atoms with Gasteiger partial charge in [-0.05, 0) is 68.5 Å². The Morgan fingerprint density at radius 2 is 2.00 bits per heavy atom. The van der Waals surface area contributed by atoms with E-state index in [-0.39, 0.29) is 17.4 Å². The van der Waals surface area contributed by atoms with Gasteiger partial charge >= 0.3 is 6.03 Å². The number of urea groups is 1. The summed E-state index contributed by atoms with van der Waals surface area (Å²) in [6, 6.07) is 7.78. The number of piperidine rings is 1. The summed E-state index contributed by atoms with van der Waals surface area (Å²) in [6.07, 6.45) is 7.33. The van der Waals surface area contributed by atoms with Crippen molar-refractivity contribution in [2.75, 3.05) is 37.8 Å². The summed E-state index contributed by atoms with van der Waals surface area (Å²) >= 11 is 1.68. The highest BCUT2D eigenvalue weighted by molar-refractivity contribution is 7.98. The van der Waals surface area contributed by atoms with Gasteiger partial charge in [0.05, 0.1) is 5.41 Å². The fourth-order valence-corrected chi connectivity index (χ4v) is 4.65. The highest BCUT2D eigenvalue weighted by Gasteiger charge is 2.49. The lowest BCUT2D eigenvalue weighted by molar-refractivity contribution is -0.145. The van der Waals surface area contributed by atoms with Crippen molar-refractivity contribution in [1.29, 1.82) is 0 Å². The summed E-state index contributed by atoms with van der Waals surface area (Å²) in [4.78, 5) is 30.8. The van der Waals surface area contributed by atoms with Crippen LogP contribution < -0.4 is 5.32 Å². The van der Waals surface area contributed by atoms with E-state index in [0.29, 0.717) is 13.1 Å². The smallest absolute Gasteiger partial charge is 0.321 e. The van der Waals surface area contributed by atoms with Gasteiger partial charge in [-0.3, -0.25) is 4.79 Å². The lowest BCUT2D eigenvalue weighted by atomic mass is 9.78. The summed E-state index contributed by atoms with van der Waals surface area (Å²) in [5.74, 6) is 1.01. The fraction of sp³-hybridized carbons (Fsp3) is 0.600. The molecule has 140 valence electrons. The van der Waals surface area contributed by atoms with Crippen LogP contribution in [-0.4, -0.2) is 54.2 Å². The second-order valence-corrected chi connectivity index (χ2v) is 8.79. The molecule has 0 bridgehead atoms. The van der Waals surface area contributed by atoms with Crippen LogP contribution in [0.3, 0.4) is 0 Å². The molecule has 3 amide bonds. The molecular weight excluding hydrogens is 346 g/mol. The second kappa shape index (κ2) is 7.14. The largest absolute Gasteiger partial charge is 0.342 e. The van der Waals surface area contributed by atoms with Gasteiger partial charge in [-0.15, -0.1) is 11.8 Å². The van der Waals surface area contributed by atoms with E-state index in [2.05, 4.69) is 10.2 Å². The lowest BCUT2D eigenvalue weighted by Gasteiger charge is -2.39. The number of hydrogen-bond donors (Lipinski definition) is 1. The summed E-state index contributed by atoms with van der Waals surface area (Å²) < 4.78 is 0. The maximum absolute atomic E-state index is 13.1. The van der Waals surface area contributed by atoms with Gasteiger partial charge in [0.2, 0.25) is 5.91 Å². The van der Waals surface area contributed by atoms with Gasteiger partial charge in [0.15, 0.2) is 0 Å². The minimum Gasteiger partial charge on any atom is -0.342 e. The van der Waals surface area contributed by atoms with E-state index in [0.717, 1.165) is 44.0 Å². The topological polar surface area (TPSA) is 52.7 Å². The van der Waals surface area contributed by atoms with Crippen LogP contribution in [0.5, 0.6) is 0 Å². The highest BCUT2D eigenvalue weighted by Crippen LogP contribution is 2.41. The van der Waals surface area contributed by atoms with Gasteiger partial charge in [0.1, 0.15) is 0 Å². The third-order valence-electron chi connectivity index (χ3n) is 5.98. The van der Waals surface area contributed by atoms with E-state index in [4.69, 9.17) is 0 Å². The van der Waals surface area contributed by atoms with Crippen molar-refractivity contribution in [2.45, 2.75) is 37.0 Å². The summed E-state index contributed by atoms with van der Waals surface area (Å²) in [7, 11) is 0. The third kappa shape index (κ3) is 3.56. The zero-order chi connectivity index (χ0) is 18.1. The van der Waals surface area contributed by atoms with E-state index in [1.807, 2.05) is 35.4 Å². The van der Waals surface area contributed by atoms with Crippen LogP contribution in [0.1, 0.15) is 32.1 Å². The number of carbonyl (C=O) groups excluding carboxylic acids is 2. The molecule has 0 radical (unpaired) electrons. The molecule has 1 N–H and O–H groups in total. The number of carbonyl (C=O) groups is 2. The Hall–Kier alpha value is -1.69. The molecule has 1 saturated carbocycles. The maximum Gasteiger partial charge on any atom is 0.321 e. The zero-order valence-corrected chi connectivity index (χ0v) is 16.2. The Labute approximate surface area is 159 Å². The number of rotatable bonds is 4. The molecule has 5 nitrogen and oxygen atoms in total. The molecule has 2 saturated heterocycles. The number of anilines is 1. The van der Waals surface area contributed by atoms with Gasteiger partial charge in [-0.2, -0.15) is 0 Å². The van der Waals surface area contributed by atoms with Crippen LogP contribution in [-0.2, 0) is 4.79 Å². The molecule has 6 heteroatoms. The molecule has 0 aromatic heterocycles. The maximum atomic E-state index is 13.1. The number of amides is 3. The van der Waals surface area contributed by atoms with Crippen LogP contribution in [0.15, 0.2) is 29.2 Å². The molecule has 2 aliphatic heterocycles. The van der Waals surface area contributed by atoms with Crippen molar-refractivity contribution in [1.82, 2.24) is 9.80 Å². The predicted octanol–water partition coefficient (Wildman–Crippen LogP) is 3.66. The summed E-state index contributed by atoms with van der Waals surface area (Å²) in [6.45, 7) is 3.04. The van der Waals surface area contributed by atoms with E-state index in [9.17, 15) is 9.59 Å². The Balaban J connectivity index is 1.38. The summed E-state index contributed by atoms with van der Waals surface area (Å²) in [5.41, 5.74) is 0.465. The predicted molar refractivity (Wildman–Crippen MR) is 104 cm³/mol. The van der Waals surface area contributed by atoms with Crippen LogP contribution in [0, 0.1) is 11.3 Å². The monoisotopic (exact) mass is 373 g/mol. The highest BCUT2D eigenvalue weighted by atomic mass is 32.2. The van der Waals surface area contributed by atoms with Crippen molar-refractivity contribution in [3.05, 3.63) is 24.3 Å². The number of thioether (sulfide) groups is 1. The van der Waals surface area contributed by atoms with E-state index in [1.165, 1.54) is 17.7 Å². The van der Waals surface area contributed by atoms with Crippen molar-refractivity contribution in [3.8, 4) is 0 Å². The first-order valence-electron chi connectivity index (χ1n) is 9.59. The standard InChI is InChI=1S/C20H27N3O2S/c1-26-17-7-5-16(6-8-17)21-19(25)23-12-10-20(14-23)9-2-11-22(18(20)24)13-15-3-4-15/h5-8,15H,2-4,9-14H2,1H3,(H,21,25). The number of likely N-dealkylation sites (tertiary alicyclic amines) is 2.